The minimum atomic E-state index is 0.0578. The normalized spacial score (nSPS) is 18.0. The SMILES string of the molecule is O=C(C=Cc1ccc(Br)cc1)N1CCC2(CC1)CN(C(=O)C=Cc1ccc(Br)cc1)C2. The third kappa shape index (κ3) is 5.55. The van der Waals surface area contributed by atoms with Crippen molar-refractivity contribution in [3.05, 3.63) is 80.8 Å². The Kier molecular flexibility index (Phi) is 6.77. The molecule has 0 atom stereocenters. The predicted molar refractivity (Wildman–Crippen MR) is 131 cm³/mol. The van der Waals surface area contributed by atoms with Crippen molar-refractivity contribution in [2.75, 3.05) is 26.2 Å². The minimum absolute atomic E-state index is 0.0578. The summed E-state index contributed by atoms with van der Waals surface area (Å²) < 4.78 is 2.04. The standard InChI is InChI=1S/C25H24Br2N2O2/c26-21-7-1-19(2-8-21)5-11-23(30)28-15-13-25(14-16-28)17-29(18-25)24(31)12-6-20-3-9-22(27)10-4-20/h1-12H,13-18H2. The van der Waals surface area contributed by atoms with Crippen molar-refractivity contribution in [2.45, 2.75) is 12.8 Å². The Morgan fingerprint density at radius 1 is 0.710 bits per heavy atom. The lowest BCUT2D eigenvalue weighted by Gasteiger charge is -2.53. The van der Waals surface area contributed by atoms with Gasteiger partial charge in [-0.3, -0.25) is 9.59 Å². The lowest BCUT2D eigenvalue weighted by molar-refractivity contribution is -0.144. The average Bonchev–Trinajstić information content (AvgIpc) is 2.76. The molecule has 1 spiro atoms. The van der Waals surface area contributed by atoms with Crippen LogP contribution >= 0.6 is 31.9 Å². The zero-order valence-electron chi connectivity index (χ0n) is 17.1. The number of carbonyl (C=O) groups is 2. The van der Waals surface area contributed by atoms with E-state index in [1.54, 1.807) is 12.2 Å². The number of hydrogen-bond acceptors (Lipinski definition) is 2. The van der Waals surface area contributed by atoms with Crippen LogP contribution in [-0.2, 0) is 9.59 Å². The quantitative estimate of drug-likeness (QED) is 0.485. The zero-order chi connectivity index (χ0) is 21.8. The van der Waals surface area contributed by atoms with Gasteiger partial charge in [0.1, 0.15) is 0 Å². The summed E-state index contributed by atoms with van der Waals surface area (Å²) in [5.74, 6) is 0.118. The molecule has 2 aromatic rings. The molecule has 2 fully saturated rings. The Balaban J connectivity index is 1.24. The molecule has 0 bridgehead atoms. The third-order valence-electron chi connectivity index (χ3n) is 6.08. The molecular formula is C25H24Br2N2O2. The van der Waals surface area contributed by atoms with E-state index in [0.29, 0.717) is 0 Å². The fraction of sp³-hybridized carbons (Fsp3) is 0.280. The van der Waals surface area contributed by atoms with E-state index in [4.69, 9.17) is 0 Å². The fourth-order valence-electron chi connectivity index (χ4n) is 4.13. The molecule has 6 heteroatoms. The van der Waals surface area contributed by atoms with Crippen LogP contribution in [0.3, 0.4) is 0 Å². The van der Waals surface area contributed by atoms with Gasteiger partial charge in [0.2, 0.25) is 11.8 Å². The first kappa shape index (κ1) is 22.0. The van der Waals surface area contributed by atoms with Crippen LogP contribution in [0, 0.1) is 5.41 Å². The first-order valence-corrected chi connectivity index (χ1v) is 12.0. The highest BCUT2D eigenvalue weighted by Crippen LogP contribution is 2.40. The molecule has 2 aliphatic heterocycles. The number of benzene rings is 2. The van der Waals surface area contributed by atoms with Crippen LogP contribution in [0.25, 0.3) is 12.2 Å². The van der Waals surface area contributed by atoms with Gasteiger partial charge in [-0.15, -0.1) is 0 Å². The molecule has 31 heavy (non-hydrogen) atoms. The Labute approximate surface area is 199 Å². The maximum Gasteiger partial charge on any atom is 0.246 e. The highest BCUT2D eigenvalue weighted by molar-refractivity contribution is 9.10. The number of likely N-dealkylation sites (tertiary alicyclic amines) is 2. The number of carbonyl (C=O) groups excluding carboxylic acids is 2. The van der Waals surface area contributed by atoms with Crippen LogP contribution in [0.2, 0.25) is 0 Å². The van der Waals surface area contributed by atoms with Crippen LogP contribution in [0.15, 0.2) is 69.6 Å². The van der Waals surface area contributed by atoms with Gasteiger partial charge in [0, 0.05) is 52.7 Å². The summed E-state index contributed by atoms with van der Waals surface area (Å²) in [7, 11) is 0. The monoisotopic (exact) mass is 542 g/mol. The molecule has 0 N–H and O–H groups in total. The molecule has 2 saturated heterocycles. The minimum Gasteiger partial charge on any atom is -0.339 e. The van der Waals surface area contributed by atoms with Crippen molar-refractivity contribution >= 4 is 55.8 Å². The van der Waals surface area contributed by atoms with Gasteiger partial charge in [0.15, 0.2) is 0 Å². The van der Waals surface area contributed by atoms with E-state index in [2.05, 4.69) is 31.9 Å². The maximum atomic E-state index is 12.5. The summed E-state index contributed by atoms with van der Waals surface area (Å²) >= 11 is 6.83. The first-order chi connectivity index (χ1) is 14.9. The van der Waals surface area contributed by atoms with Crippen molar-refractivity contribution in [1.82, 2.24) is 9.80 Å². The largest absolute Gasteiger partial charge is 0.339 e. The second-order valence-electron chi connectivity index (χ2n) is 8.29. The van der Waals surface area contributed by atoms with E-state index in [-0.39, 0.29) is 17.2 Å². The summed E-state index contributed by atoms with van der Waals surface area (Å²) in [6.07, 6.45) is 8.93. The number of rotatable bonds is 4. The van der Waals surface area contributed by atoms with E-state index >= 15 is 0 Å². The zero-order valence-corrected chi connectivity index (χ0v) is 20.3. The van der Waals surface area contributed by atoms with Gasteiger partial charge in [-0.2, -0.15) is 0 Å². The fourth-order valence-corrected chi connectivity index (χ4v) is 4.66. The highest BCUT2D eigenvalue weighted by atomic mass is 79.9. The number of piperidine rings is 1. The van der Waals surface area contributed by atoms with Gasteiger partial charge < -0.3 is 9.80 Å². The van der Waals surface area contributed by atoms with Gasteiger partial charge in [-0.25, -0.2) is 0 Å². The van der Waals surface area contributed by atoms with Crippen LogP contribution in [0.5, 0.6) is 0 Å². The number of halogens is 2. The summed E-state index contributed by atoms with van der Waals surface area (Å²) in [6, 6.07) is 15.8. The lowest BCUT2D eigenvalue weighted by atomic mass is 9.72. The Morgan fingerprint density at radius 3 is 1.58 bits per heavy atom. The van der Waals surface area contributed by atoms with Gasteiger partial charge in [0.05, 0.1) is 0 Å². The summed E-state index contributed by atoms with van der Waals surface area (Å²) in [6.45, 7) is 3.07. The Bertz CT molecular complexity index is 997. The number of nitrogens with zero attached hydrogens (tertiary/aromatic N) is 2. The van der Waals surface area contributed by atoms with Crippen molar-refractivity contribution < 1.29 is 9.59 Å². The molecule has 2 amide bonds. The number of hydrogen-bond donors (Lipinski definition) is 0. The van der Waals surface area contributed by atoms with Crippen molar-refractivity contribution in [2.24, 2.45) is 5.41 Å². The Hall–Kier alpha value is -2.18. The van der Waals surface area contributed by atoms with Gasteiger partial charge in [-0.1, -0.05) is 56.1 Å². The summed E-state index contributed by atoms with van der Waals surface area (Å²) in [5, 5.41) is 0. The van der Waals surface area contributed by atoms with E-state index in [0.717, 1.165) is 59.1 Å². The van der Waals surface area contributed by atoms with E-state index in [1.807, 2.05) is 70.5 Å². The molecule has 0 aromatic heterocycles. The summed E-state index contributed by atoms with van der Waals surface area (Å²) in [5.41, 5.74) is 2.19. The van der Waals surface area contributed by atoms with Gasteiger partial charge in [-0.05, 0) is 60.4 Å². The highest BCUT2D eigenvalue weighted by Gasteiger charge is 2.46. The molecule has 2 heterocycles. The number of amides is 2. The van der Waals surface area contributed by atoms with E-state index in [1.165, 1.54) is 0 Å². The van der Waals surface area contributed by atoms with Crippen molar-refractivity contribution in [3.63, 3.8) is 0 Å². The topological polar surface area (TPSA) is 40.6 Å². The van der Waals surface area contributed by atoms with Crippen molar-refractivity contribution in [1.29, 1.82) is 0 Å². The van der Waals surface area contributed by atoms with E-state index < -0.39 is 0 Å². The van der Waals surface area contributed by atoms with Crippen LogP contribution in [0.4, 0.5) is 0 Å². The molecule has 2 aromatic carbocycles. The maximum absolute atomic E-state index is 12.5. The molecule has 0 saturated carbocycles. The van der Waals surface area contributed by atoms with Crippen LogP contribution in [-0.4, -0.2) is 47.8 Å². The molecule has 0 unspecified atom stereocenters. The molecular weight excluding hydrogens is 520 g/mol. The molecule has 0 aliphatic carbocycles. The Morgan fingerprint density at radius 2 is 1.13 bits per heavy atom. The first-order valence-electron chi connectivity index (χ1n) is 10.4. The van der Waals surface area contributed by atoms with E-state index in [9.17, 15) is 9.59 Å². The smallest absolute Gasteiger partial charge is 0.246 e. The molecule has 160 valence electrons. The predicted octanol–water partition coefficient (Wildman–Crippen LogP) is 5.39. The molecule has 4 rings (SSSR count). The second-order valence-corrected chi connectivity index (χ2v) is 10.1. The summed E-state index contributed by atoms with van der Waals surface area (Å²) in [4.78, 5) is 28.8. The van der Waals surface area contributed by atoms with Gasteiger partial charge in [0.25, 0.3) is 0 Å². The van der Waals surface area contributed by atoms with Crippen LogP contribution < -0.4 is 0 Å². The van der Waals surface area contributed by atoms with Crippen molar-refractivity contribution in [3.8, 4) is 0 Å². The lowest BCUT2D eigenvalue weighted by Crippen LogP contribution is -2.61. The molecule has 2 aliphatic rings. The van der Waals surface area contributed by atoms with Gasteiger partial charge >= 0.3 is 0 Å². The second kappa shape index (κ2) is 9.53. The van der Waals surface area contributed by atoms with Crippen LogP contribution in [0.1, 0.15) is 24.0 Å². The average molecular weight is 544 g/mol. The molecule has 4 nitrogen and oxygen atoms in total. The molecule has 0 radical (unpaired) electrons. The third-order valence-corrected chi connectivity index (χ3v) is 7.13.